The van der Waals surface area contributed by atoms with Crippen LogP contribution in [0.25, 0.3) is 5.57 Å². The zero-order chi connectivity index (χ0) is 12.1. The molecule has 2 heterocycles. The van der Waals surface area contributed by atoms with Crippen LogP contribution >= 0.6 is 11.3 Å². The monoisotopic (exact) mass is 241 g/mol. The topological polar surface area (TPSA) is 38.7 Å². The summed E-state index contributed by atoms with van der Waals surface area (Å²) in [4.78, 5) is 13.2. The lowest BCUT2D eigenvalue weighted by atomic mass is 10.1. The van der Waals surface area contributed by atoms with Gasteiger partial charge in [0.1, 0.15) is 11.3 Å². The third kappa shape index (κ3) is 2.77. The fraction of sp³-hybridized carbons (Fsp3) is 0.154. The number of rotatable bonds is 3. The molecule has 84 valence electrons. The Labute approximate surface area is 104 Å². The minimum absolute atomic E-state index is 0.773. The zero-order valence-electron chi connectivity index (χ0n) is 9.42. The van der Waals surface area contributed by atoms with Crippen molar-refractivity contribution in [3.05, 3.63) is 46.4 Å². The number of thiazole rings is 1. The number of aromatic nitrogens is 3. The van der Waals surface area contributed by atoms with Crippen LogP contribution in [0.1, 0.15) is 22.4 Å². The second-order valence-electron chi connectivity index (χ2n) is 3.41. The Hall–Kier alpha value is -1.99. The van der Waals surface area contributed by atoms with Crippen LogP contribution in [0.2, 0.25) is 0 Å². The summed E-state index contributed by atoms with van der Waals surface area (Å²) in [5.74, 6) is 2.59. The van der Waals surface area contributed by atoms with Gasteiger partial charge >= 0.3 is 0 Å². The van der Waals surface area contributed by atoms with Crippen molar-refractivity contribution in [1.29, 1.82) is 0 Å². The molecular formula is C13H11N3S. The van der Waals surface area contributed by atoms with E-state index in [9.17, 15) is 0 Å². The van der Waals surface area contributed by atoms with E-state index < -0.39 is 0 Å². The highest BCUT2D eigenvalue weighted by atomic mass is 32.1. The van der Waals surface area contributed by atoms with Crippen LogP contribution in [0.5, 0.6) is 0 Å². The molecule has 0 radical (unpaired) electrons. The fourth-order valence-corrected chi connectivity index (χ4v) is 2.23. The molecule has 0 saturated carbocycles. The summed E-state index contributed by atoms with van der Waals surface area (Å²) < 4.78 is 0. The zero-order valence-corrected chi connectivity index (χ0v) is 10.2. The summed E-state index contributed by atoms with van der Waals surface area (Å²) in [7, 11) is 0. The van der Waals surface area contributed by atoms with E-state index in [1.165, 1.54) is 17.7 Å². The van der Waals surface area contributed by atoms with E-state index in [-0.39, 0.29) is 0 Å². The molecule has 0 atom stereocenters. The van der Waals surface area contributed by atoms with Crippen molar-refractivity contribution < 1.29 is 0 Å². The molecule has 0 N–H and O–H groups in total. The highest BCUT2D eigenvalue weighted by molar-refractivity contribution is 7.13. The molecule has 0 aromatic carbocycles. The normalized spacial score (nSPS) is 11.2. The lowest BCUT2D eigenvalue weighted by Gasteiger charge is -2.02. The molecule has 0 aliphatic rings. The van der Waals surface area contributed by atoms with Gasteiger partial charge in [0.05, 0.1) is 11.1 Å². The highest BCUT2D eigenvalue weighted by Crippen LogP contribution is 2.23. The van der Waals surface area contributed by atoms with E-state index in [4.69, 9.17) is 6.42 Å². The molecule has 0 amide bonds. The summed E-state index contributed by atoms with van der Waals surface area (Å²) in [6.07, 6.45) is 15.0. The summed E-state index contributed by atoms with van der Waals surface area (Å²) >= 11 is 1.53. The Morgan fingerprint density at radius 1 is 1.41 bits per heavy atom. The molecule has 0 aliphatic heterocycles. The van der Waals surface area contributed by atoms with Gasteiger partial charge in [-0.2, -0.15) is 0 Å². The number of nitrogens with zero attached hydrogens (tertiary/aromatic N) is 3. The largest absolute Gasteiger partial charge is 0.245 e. The summed E-state index contributed by atoms with van der Waals surface area (Å²) in [5, 5.41) is 0.962. The molecule has 17 heavy (non-hydrogen) atoms. The van der Waals surface area contributed by atoms with Crippen molar-refractivity contribution in [3.63, 3.8) is 0 Å². The average Bonchev–Trinajstić information content (AvgIpc) is 2.86. The van der Waals surface area contributed by atoms with Gasteiger partial charge in [-0.1, -0.05) is 12.0 Å². The van der Waals surface area contributed by atoms with E-state index in [1.54, 1.807) is 6.20 Å². The van der Waals surface area contributed by atoms with E-state index in [0.717, 1.165) is 27.4 Å². The predicted octanol–water partition coefficient (Wildman–Crippen LogP) is 2.56. The molecular weight excluding hydrogens is 230 g/mol. The van der Waals surface area contributed by atoms with E-state index in [1.807, 2.05) is 25.4 Å². The minimum atomic E-state index is 0.773. The van der Waals surface area contributed by atoms with Crippen LogP contribution in [0, 0.1) is 12.3 Å². The van der Waals surface area contributed by atoms with Crippen molar-refractivity contribution in [2.45, 2.75) is 13.3 Å². The number of hydrogen-bond donors (Lipinski definition) is 0. The first-order chi connectivity index (χ1) is 8.33. The molecule has 0 bridgehead atoms. The molecule has 2 rings (SSSR count). The van der Waals surface area contributed by atoms with Crippen LogP contribution in [0.3, 0.4) is 0 Å². The Balaban J connectivity index is 2.21. The highest BCUT2D eigenvalue weighted by Gasteiger charge is 2.07. The van der Waals surface area contributed by atoms with Crippen molar-refractivity contribution in [2.75, 3.05) is 0 Å². The van der Waals surface area contributed by atoms with Gasteiger partial charge in [0, 0.05) is 18.8 Å². The second-order valence-corrected chi connectivity index (χ2v) is 4.44. The summed E-state index contributed by atoms with van der Waals surface area (Å²) in [6, 6.07) is 0. The lowest BCUT2D eigenvalue weighted by Crippen LogP contribution is -1.91. The number of allylic oxidation sites excluding steroid dienone is 2. The summed E-state index contributed by atoms with van der Waals surface area (Å²) in [5.41, 5.74) is 2.21. The number of terminal acetylenes is 1. The Kier molecular flexibility index (Phi) is 3.63. The molecule has 3 nitrogen and oxygen atoms in total. The van der Waals surface area contributed by atoms with E-state index in [2.05, 4.69) is 20.9 Å². The van der Waals surface area contributed by atoms with Crippen molar-refractivity contribution in [1.82, 2.24) is 15.0 Å². The summed E-state index contributed by atoms with van der Waals surface area (Å²) in [6.45, 7) is 2.00. The Morgan fingerprint density at radius 3 is 2.76 bits per heavy atom. The van der Waals surface area contributed by atoms with Crippen LogP contribution in [-0.4, -0.2) is 15.0 Å². The Bertz CT molecular complexity index is 564. The van der Waals surface area contributed by atoms with Gasteiger partial charge in [-0.3, -0.25) is 0 Å². The molecule has 0 aliphatic carbocycles. The maximum atomic E-state index is 5.34. The molecule has 0 fully saturated rings. The quantitative estimate of drug-likeness (QED) is 0.775. The van der Waals surface area contributed by atoms with Gasteiger partial charge in [0.15, 0.2) is 0 Å². The van der Waals surface area contributed by atoms with Crippen molar-refractivity contribution >= 4 is 16.9 Å². The molecule has 4 heteroatoms. The molecule has 0 spiro atoms. The minimum Gasteiger partial charge on any atom is -0.245 e. The third-order valence-corrected chi connectivity index (χ3v) is 3.28. The maximum Gasteiger partial charge on any atom is 0.120 e. The standard InChI is InChI=1S/C13H11N3S/c1-3-11(5-10-6-14-9-15-7-10)13-16-8-12(4-2)17-13/h2-3,6-9H,5H2,1H3. The second kappa shape index (κ2) is 5.37. The Morgan fingerprint density at radius 2 is 2.18 bits per heavy atom. The van der Waals surface area contributed by atoms with Gasteiger partial charge in [0.2, 0.25) is 0 Å². The van der Waals surface area contributed by atoms with Crippen LogP contribution in [-0.2, 0) is 6.42 Å². The van der Waals surface area contributed by atoms with Gasteiger partial charge < -0.3 is 0 Å². The van der Waals surface area contributed by atoms with Crippen LogP contribution < -0.4 is 0 Å². The van der Waals surface area contributed by atoms with Gasteiger partial charge in [-0.25, -0.2) is 15.0 Å². The molecule has 0 unspecified atom stereocenters. The van der Waals surface area contributed by atoms with Crippen molar-refractivity contribution in [3.8, 4) is 12.3 Å². The molecule has 2 aromatic rings. The first kappa shape index (κ1) is 11.5. The van der Waals surface area contributed by atoms with Gasteiger partial charge in [-0.05, 0) is 18.1 Å². The maximum absolute atomic E-state index is 5.34. The van der Waals surface area contributed by atoms with Crippen LogP contribution in [0.15, 0.2) is 31.0 Å². The smallest absolute Gasteiger partial charge is 0.120 e. The fourth-order valence-electron chi connectivity index (χ4n) is 1.43. The van der Waals surface area contributed by atoms with Gasteiger partial charge in [-0.15, -0.1) is 17.8 Å². The van der Waals surface area contributed by atoms with Crippen LogP contribution in [0.4, 0.5) is 0 Å². The van der Waals surface area contributed by atoms with Crippen molar-refractivity contribution in [2.24, 2.45) is 0 Å². The van der Waals surface area contributed by atoms with Gasteiger partial charge in [0.25, 0.3) is 0 Å². The van der Waals surface area contributed by atoms with E-state index >= 15 is 0 Å². The average molecular weight is 241 g/mol. The molecule has 2 aromatic heterocycles. The SMILES string of the molecule is C#Cc1cnc(C(=CC)Cc2cncnc2)s1. The third-order valence-electron chi connectivity index (χ3n) is 2.28. The van der Waals surface area contributed by atoms with E-state index in [0.29, 0.717) is 0 Å². The first-order valence-electron chi connectivity index (χ1n) is 5.15. The first-order valence-corrected chi connectivity index (χ1v) is 5.97. The predicted molar refractivity (Wildman–Crippen MR) is 69.4 cm³/mol. The lowest BCUT2D eigenvalue weighted by molar-refractivity contribution is 1.09. The number of hydrogen-bond acceptors (Lipinski definition) is 4. The molecule has 0 saturated heterocycles.